The van der Waals surface area contributed by atoms with Crippen molar-refractivity contribution in [3.63, 3.8) is 0 Å². The first-order valence-corrected chi connectivity index (χ1v) is 11.9. The standard InChI is InChI=1S/C23H31N2O5P/c24-14-7-15-25-31(28)18-21(23(27)30-17-20-10-5-2-6-11-20)12-13-22(26)29-16-19-8-3-1-4-9-19/h1-6,8-11,21,25,28H,7,12-18,24H2. The van der Waals surface area contributed by atoms with Crippen LogP contribution in [0.3, 0.4) is 0 Å². The molecule has 0 aliphatic rings. The second kappa shape index (κ2) is 14.7. The van der Waals surface area contributed by atoms with E-state index in [1.807, 2.05) is 60.7 Å². The molecular formula is C23H31N2O5P. The molecule has 0 radical (unpaired) electrons. The summed E-state index contributed by atoms with van der Waals surface area (Å²) in [4.78, 5) is 35.1. The van der Waals surface area contributed by atoms with Crippen molar-refractivity contribution in [3.05, 3.63) is 71.8 Å². The Labute approximate surface area is 184 Å². The predicted octanol–water partition coefficient (Wildman–Crippen LogP) is 3.11. The lowest BCUT2D eigenvalue weighted by Crippen LogP contribution is -2.25. The molecular weight excluding hydrogens is 415 g/mol. The molecule has 0 amide bonds. The Morgan fingerprint density at radius 1 is 0.968 bits per heavy atom. The molecule has 2 rings (SSSR count). The highest BCUT2D eigenvalue weighted by Gasteiger charge is 2.25. The van der Waals surface area contributed by atoms with Crippen LogP contribution in [0.2, 0.25) is 0 Å². The average molecular weight is 446 g/mol. The lowest BCUT2D eigenvalue weighted by molar-refractivity contribution is -0.150. The van der Waals surface area contributed by atoms with Gasteiger partial charge in [-0.25, -0.2) is 0 Å². The van der Waals surface area contributed by atoms with Crippen LogP contribution in [0.4, 0.5) is 0 Å². The van der Waals surface area contributed by atoms with Gasteiger partial charge in [0.15, 0.2) is 0 Å². The van der Waals surface area contributed by atoms with E-state index in [0.29, 0.717) is 13.1 Å². The van der Waals surface area contributed by atoms with Crippen LogP contribution in [0.1, 0.15) is 30.4 Å². The molecule has 0 saturated carbocycles. The summed E-state index contributed by atoms with van der Waals surface area (Å²) in [6.07, 6.45) is 1.26. The van der Waals surface area contributed by atoms with Crippen molar-refractivity contribution in [3.8, 4) is 0 Å². The zero-order valence-electron chi connectivity index (χ0n) is 17.6. The van der Waals surface area contributed by atoms with Crippen LogP contribution >= 0.6 is 8.30 Å². The number of carbonyl (C=O) groups excluding carboxylic acids is 2. The highest BCUT2D eigenvalue weighted by Crippen LogP contribution is 2.30. The van der Waals surface area contributed by atoms with Crippen molar-refractivity contribution in [2.75, 3.05) is 19.3 Å². The van der Waals surface area contributed by atoms with Crippen molar-refractivity contribution in [2.24, 2.45) is 11.7 Å². The third-order valence-electron chi connectivity index (χ3n) is 4.57. The van der Waals surface area contributed by atoms with Crippen LogP contribution in [0.5, 0.6) is 0 Å². The Bertz CT molecular complexity index is 776. The number of ether oxygens (including phenoxy) is 2. The Morgan fingerprint density at radius 2 is 1.55 bits per heavy atom. The van der Waals surface area contributed by atoms with Gasteiger partial charge in [-0.2, -0.15) is 0 Å². The summed E-state index contributed by atoms with van der Waals surface area (Å²) in [7, 11) is -1.56. The van der Waals surface area contributed by atoms with Crippen LogP contribution in [-0.2, 0) is 32.3 Å². The Morgan fingerprint density at radius 3 is 2.13 bits per heavy atom. The minimum absolute atomic E-state index is 0.0733. The third-order valence-corrected chi connectivity index (χ3v) is 5.94. The molecule has 0 aromatic heterocycles. The zero-order valence-corrected chi connectivity index (χ0v) is 18.5. The second-order valence-electron chi connectivity index (χ2n) is 7.11. The van der Waals surface area contributed by atoms with Crippen molar-refractivity contribution in [1.29, 1.82) is 0 Å². The predicted molar refractivity (Wildman–Crippen MR) is 121 cm³/mol. The number of hydrogen-bond donors (Lipinski definition) is 3. The number of carbonyl (C=O) groups is 2. The first-order chi connectivity index (χ1) is 15.1. The molecule has 0 saturated heterocycles. The molecule has 0 bridgehead atoms. The molecule has 8 heteroatoms. The molecule has 2 unspecified atom stereocenters. The van der Waals surface area contributed by atoms with Gasteiger partial charge < -0.3 is 20.1 Å². The van der Waals surface area contributed by atoms with Crippen molar-refractivity contribution < 1.29 is 24.0 Å². The summed E-state index contributed by atoms with van der Waals surface area (Å²) in [5.74, 6) is -1.42. The normalized spacial score (nSPS) is 12.7. The van der Waals surface area contributed by atoms with E-state index in [0.717, 1.165) is 17.5 Å². The van der Waals surface area contributed by atoms with E-state index in [-0.39, 0.29) is 38.2 Å². The van der Waals surface area contributed by atoms with E-state index in [1.54, 1.807) is 0 Å². The fourth-order valence-electron chi connectivity index (χ4n) is 2.82. The van der Waals surface area contributed by atoms with E-state index in [9.17, 15) is 14.5 Å². The first kappa shape index (κ1) is 25.0. The van der Waals surface area contributed by atoms with E-state index in [4.69, 9.17) is 15.2 Å². The molecule has 2 aromatic rings. The largest absolute Gasteiger partial charge is 0.461 e. The van der Waals surface area contributed by atoms with Gasteiger partial charge >= 0.3 is 11.9 Å². The van der Waals surface area contributed by atoms with E-state index < -0.39 is 20.2 Å². The Balaban J connectivity index is 1.85. The molecule has 4 N–H and O–H groups in total. The fraction of sp³-hybridized carbons (Fsp3) is 0.391. The smallest absolute Gasteiger partial charge is 0.309 e. The highest BCUT2D eigenvalue weighted by atomic mass is 31.2. The van der Waals surface area contributed by atoms with E-state index >= 15 is 0 Å². The molecule has 7 nitrogen and oxygen atoms in total. The van der Waals surface area contributed by atoms with Gasteiger partial charge in [0.1, 0.15) is 13.2 Å². The number of hydrogen-bond acceptors (Lipinski definition) is 7. The number of nitrogens with two attached hydrogens (primary N) is 1. The SMILES string of the molecule is NCCCNP(O)CC(CCC(=O)OCc1ccccc1)C(=O)OCc1ccccc1. The first-order valence-electron chi connectivity index (χ1n) is 10.4. The van der Waals surface area contributed by atoms with Crippen molar-refractivity contribution >= 4 is 20.2 Å². The molecule has 0 spiro atoms. The van der Waals surface area contributed by atoms with Crippen LogP contribution in [0.25, 0.3) is 0 Å². The van der Waals surface area contributed by atoms with Crippen molar-refractivity contribution in [2.45, 2.75) is 32.5 Å². The summed E-state index contributed by atoms with van der Waals surface area (Å²) >= 11 is 0. The van der Waals surface area contributed by atoms with Gasteiger partial charge in [0, 0.05) is 19.1 Å². The van der Waals surface area contributed by atoms with E-state index in [2.05, 4.69) is 5.09 Å². The monoisotopic (exact) mass is 446 g/mol. The van der Waals surface area contributed by atoms with Crippen LogP contribution in [0.15, 0.2) is 60.7 Å². The lowest BCUT2D eigenvalue weighted by Gasteiger charge is -2.19. The van der Waals surface area contributed by atoms with Crippen molar-refractivity contribution in [1.82, 2.24) is 5.09 Å². The van der Waals surface area contributed by atoms with Crippen LogP contribution < -0.4 is 10.8 Å². The summed E-state index contributed by atoms with van der Waals surface area (Å²) < 4.78 is 10.7. The molecule has 0 aliphatic carbocycles. The van der Waals surface area contributed by atoms with Gasteiger partial charge in [0.2, 0.25) is 0 Å². The second-order valence-corrected chi connectivity index (χ2v) is 8.59. The number of benzene rings is 2. The fourth-order valence-corrected chi connectivity index (χ4v) is 4.11. The summed E-state index contributed by atoms with van der Waals surface area (Å²) in [5, 5.41) is 2.99. The molecule has 168 valence electrons. The molecule has 0 heterocycles. The summed E-state index contributed by atoms with van der Waals surface area (Å²) in [6.45, 7) is 1.43. The number of esters is 2. The van der Waals surface area contributed by atoms with Gasteiger partial charge in [-0.15, -0.1) is 0 Å². The molecule has 0 aliphatic heterocycles. The van der Waals surface area contributed by atoms with E-state index in [1.165, 1.54) is 0 Å². The lowest BCUT2D eigenvalue weighted by atomic mass is 10.1. The quantitative estimate of drug-likeness (QED) is 0.232. The molecule has 0 fully saturated rings. The van der Waals surface area contributed by atoms with Gasteiger partial charge in [-0.05, 0) is 30.5 Å². The minimum atomic E-state index is -1.56. The maximum atomic E-state index is 12.7. The number of nitrogens with one attached hydrogen (secondary N) is 1. The topological polar surface area (TPSA) is 111 Å². The number of rotatable bonds is 14. The van der Waals surface area contributed by atoms with Crippen LogP contribution in [0, 0.1) is 5.92 Å². The van der Waals surface area contributed by atoms with Gasteiger partial charge in [0.25, 0.3) is 0 Å². The Kier molecular flexibility index (Phi) is 11.8. The maximum absolute atomic E-state index is 12.7. The average Bonchev–Trinajstić information content (AvgIpc) is 2.80. The summed E-state index contributed by atoms with van der Waals surface area (Å²) in [6, 6.07) is 18.8. The van der Waals surface area contributed by atoms with Gasteiger partial charge in [-0.3, -0.25) is 14.7 Å². The van der Waals surface area contributed by atoms with Gasteiger partial charge in [-0.1, -0.05) is 60.7 Å². The highest BCUT2D eigenvalue weighted by molar-refractivity contribution is 7.49. The Hall–Kier alpha value is -2.31. The molecule has 2 aromatic carbocycles. The minimum Gasteiger partial charge on any atom is -0.461 e. The molecule has 31 heavy (non-hydrogen) atoms. The molecule has 2 atom stereocenters. The maximum Gasteiger partial charge on any atom is 0.309 e. The van der Waals surface area contributed by atoms with Crippen LogP contribution in [-0.4, -0.2) is 36.1 Å². The third kappa shape index (κ3) is 10.5. The summed E-state index contributed by atoms with van der Waals surface area (Å²) in [5.41, 5.74) is 7.25. The van der Waals surface area contributed by atoms with Gasteiger partial charge in [0.05, 0.1) is 14.2 Å². The zero-order chi connectivity index (χ0) is 22.3.